The molecule has 0 saturated carbocycles. The van der Waals surface area contributed by atoms with Crippen LogP contribution in [0.3, 0.4) is 0 Å². The van der Waals surface area contributed by atoms with Crippen LogP contribution in [0, 0.1) is 13.8 Å². The molecule has 0 unspecified atom stereocenters. The third-order valence-corrected chi connectivity index (χ3v) is 8.08. The zero-order valence-corrected chi connectivity index (χ0v) is 28.0. The second-order valence-corrected chi connectivity index (χ2v) is 10.7. The van der Waals surface area contributed by atoms with Crippen molar-refractivity contribution in [3.8, 4) is 34.9 Å². The summed E-state index contributed by atoms with van der Waals surface area (Å²) in [7, 11) is 5.89. The van der Waals surface area contributed by atoms with E-state index in [1.165, 1.54) is 34.8 Å². The van der Waals surface area contributed by atoms with Gasteiger partial charge in [0, 0.05) is 0 Å². The lowest BCUT2D eigenvalue weighted by Crippen LogP contribution is -2.07. The standard InChI is InChI=1S/C14H13Cl2N5O3.C13H11Cl2N5O2/c1-6-19-20-9(5-22)21(6)12-10(16)7(15)4-8-11(12)18-14(24-3)13(17-8)23-2;1-6-19-16-5-20(6)11-9(15)7(14)4-8-10(11)18-13(22-3)12(17-8)21-2/h4,22H,5H2,1-3H3;4-5H,1-3H3. The highest BCUT2D eigenvalue weighted by Gasteiger charge is 2.23. The molecular weight excluding hydrogens is 686 g/mol. The van der Waals surface area contributed by atoms with Gasteiger partial charge in [-0.15, -0.1) is 20.4 Å². The summed E-state index contributed by atoms with van der Waals surface area (Å²) in [6.07, 6.45) is 1.53. The van der Waals surface area contributed by atoms with E-state index in [9.17, 15) is 5.11 Å². The molecule has 4 heterocycles. The van der Waals surface area contributed by atoms with E-state index in [-0.39, 0.29) is 40.2 Å². The smallest absolute Gasteiger partial charge is 0.278 e. The minimum atomic E-state index is -0.327. The Balaban J connectivity index is 0.000000182. The predicted molar refractivity (Wildman–Crippen MR) is 171 cm³/mol. The van der Waals surface area contributed by atoms with E-state index in [0.29, 0.717) is 61.0 Å². The summed E-state index contributed by atoms with van der Waals surface area (Å²) in [4.78, 5) is 17.6. The van der Waals surface area contributed by atoms with Crippen LogP contribution in [-0.4, -0.2) is 83.0 Å². The Morgan fingerprint density at radius 3 is 1.59 bits per heavy atom. The van der Waals surface area contributed by atoms with Crippen molar-refractivity contribution in [2.45, 2.75) is 20.5 Å². The molecule has 0 radical (unpaired) electrons. The van der Waals surface area contributed by atoms with Gasteiger partial charge in [-0.05, 0) is 26.0 Å². The average molecular weight is 710 g/mol. The zero-order valence-electron chi connectivity index (χ0n) is 25.0. The molecule has 0 aliphatic carbocycles. The summed E-state index contributed by atoms with van der Waals surface area (Å²) in [5.41, 5.74) is 2.86. The van der Waals surface area contributed by atoms with Gasteiger partial charge in [-0.25, -0.2) is 19.9 Å². The molecule has 0 aliphatic heterocycles. The molecule has 46 heavy (non-hydrogen) atoms. The van der Waals surface area contributed by atoms with Crippen LogP contribution in [0.5, 0.6) is 23.5 Å². The lowest BCUT2D eigenvalue weighted by atomic mass is 10.2. The van der Waals surface area contributed by atoms with Crippen molar-refractivity contribution in [1.82, 2.24) is 49.5 Å². The quantitative estimate of drug-likeness (QED) is 0.230. The number of halogens is 4. The third kappa shape index (κ3) is 5.87. The molecule has 15 nitrogen and oxygen atoms in total. The maximum Gasteiger partial charge on any atom is 0.278 e. The molecule has 0 aliphatic rings. The summed E-state index contributed by atoms with van der Waals surface area (Å²) in [6, 6.07) is 3.20. The third-order valence-electron chi connectivity index (χ3n) is 6.52. The van der Waals surface area contributed by atoms with Crippen molar-refractivity contribution >= 4 is 68.5 Å². The first kappa shape index (κ1) is 33.1. The molecule has 0 atom stereocenters. The maximum absolute atomic E-state index is 9.53. The van der Waals surface area contributed by atoms with Gasteiger partial charge in [-0.2, -0.15) is 0 Å². The van der Waals surface area contributed by atoms with Gasteiger partial charge in [-0.1, -0.05) is 46.4 Å². The van der Waals surface area contributed by atoms with Crippen LogP contribution in [0.4, 0.5) is 0 Å². The lowest BCUT2D eigenvalue weighted by molar-refractivity contribution is 0.269. The molecule has 0 fully saturated rings. The van der Waals surface area contributed by atoms with Gasteiger partial charge in [0.25, 0.3) is 23.5 Å². The van der Waals surface area contributed by atoms with Crippen LogP contribution in [0.2, 0.25) is 20.1 Å². The van der Waals surface area contributed by atoms with E-state index in [1.54, 1.807) is 35.1 Å². The first-order valence-corrected chi connectivity index (χ1v) is 14.5. The number of aliphatic hydroxyl groups is 1. The van der Waals surface area contributed by atoms with Crippen LogP contribution < -0.4 is 18.9 Å². The first-order chi connectivity index (χ1) is 22.1. The fraction of sp³-hybridized carbons (Fsp3) is 0.259. The van der Waals surface area contributed by atoms with Gasteiger partial charge in [0.1, 0.15) is 35.6 Å². The number of ether oxygens (including phenoxy) is 4. The Hall–Kier alpha value is -4.28. The Bertz CT molecular complexity index is 2090. The van der Waals surface area contributed by atoms with Gasteiger partial charge in [0.05, 0.1) is 70.9 Å². The van der Waals surface area contributed by atoms with E-state index in [4.69, 9.17) is 65.4 Å². The number of aromatic nitrogens is 10. The molecular formula is C27H24Cl4N10O5. The molecule has 0 spiro atoms. The number of aliphatic hydroxyl groups excluding tert-OH is 1. The number of methoxy groups -OCH3 is 4. The second kappa shape index (κ2) is 13.6. The van der Waals surface area contributed by atoms with E-state index in [1.807, 2.05) is 0 Å². The van der Waals surface area contributed by atoms with Crippen molar-refractivity contribution in [2.75, 3.05) is 28.4 Å². The minimum Gasteiger partial charge on any atom is -0.477 e. The molecule has 6 aromatic rings. The Labute approximate surface area is 281 Å². The number of aryl methyl sites for hydroxylation is 2. The molecule has 240 valence electrons. The molecule has 1 N–H and O–H groups in total. The highest BCUT2D eigenvalue weighted by Crippen LogP contribution is 2.39. The van der Waals surface area contributed by atoms with Crippen LogP contribution in [0.25, 0.3) is 33.4 Å². The Morgan fingerprint density at radius 1 is 0.652 bits per heavy atom. The largest absolute Gasteiger partial charge is 0.477 e. The van der Waals surface area contributed by atoms with Crippen molar-refractivity contribution in [3.63, 3.8) is 0 Å². The molecule has 0 saturated heterocycles. The van der Waals surface area contributed by atoms with Gasteiger partial charge in [0.15, 0.2) is 5.82 Å². The topological polar surface area (TPSA) is 170 Å². The fourth-order valence-corrected chi connectivity index (χ4v) is 5.30. The normalized spacial score (nSPS) is 11.0. The number of hydrogen-bond donors (Lipinski definition) is 1. The Morgan fingerprint density at radius 2 is 1.13 bits per heavy atom. The monoisotopic (exact) mass is 708 g/mol. The van der Waals surface area contributed by atoms with Gasteiger partial charge >= 0.3 is 0 Å². The summed E-state index contributed by atoms with van der Waals surface area (Å²) >= 11 is 25.2. The summed E-state index contributed by atoms with van der Waals surface area (Å²) in [5.74, 6) is 2.39. The highest BCUT2D eigenvalue weighted by atomic mass is 35.5. The van der Waals surface area contributed by atoms with Crippen LogP contribution in [-0.2, 0) is 6.61 Å². The zero-order chi connectivity index (χ0) is 33.3. The van der Waals surface area contributed by atoms with E-state index >= 15 is 0 Å². The van der Waals surface area contributed by atoms with E-state index in [0.717, 1.165) is 0 Å². The Kier molecular flexibility index (Phi) is 9.79. The van der Waals surface area contributed by atoms with Gasteiger partial charge < -0.3 is 24.1 Å². The maximum atomic E-state index is 9.53. The number of benzene rings is 2. The summed E-state index contributed by atoms with van der Waals surface area (Å²) < 4.78 is 24.0. The van der Waals surface area contributed by atoms with E-state index < -0.39 is 0 Å². The second-order valence-electron chi connectivity index (χ2n) is 9.17. The summed E-state index contributed by atoms with van der Waals surface area (Å²) in [5, 5.41) is 26.4. The first-order valence-electron chi connectivity index (χ1n) is 13.0. The van der Waals surface area contributed by atoms with Gasteiger partial charge in [0.2, 0.25) is 0 Å². The van der Waals surface area contributed by atoms with Crippen molar-refractivity contribution in [3.05, 3.63) is 56.0 Å². The highest BCUT2D eigenvalue weighted by molar-refractivity contribution is 6.45. The predicted octanol–water partition coefficient (Wildman–Crippen LogP) is 5.18. The molecule has 19 heteroatoms. The van der Waals surface area contributed by atoms with Crippen LogP contribution in [0.15, 0.2) is 18.5 Å². The number of fused-ring (bicyclic) bond motifs is 2. The van der Waals surface area contributed by atoms with Crippen LogP contribution in [0.1, 0.15) is 17.5 Å². The lowest BCUT2D eigenvalue weighted by Gasteiger charge is -2.15. The SMILES string of the molecule is COc1nc2cc(Cl)c(Cl)c(-n3c(C)nnc3CO)c2nc1OC.COc1nc2cc(Cl)c(Cl)c(-n3cnnc3C)c2nc1OC. The number of rotatable bonds is 7. The van der Waals surface area contributed by atoms with Crippen molar-refractivity contribution in [2.24, 2.45) is 0 Å². The molecule has 0 bridgehead atoms. The molecule has 4 aromatic heterocycles. The molecule has 0 amide bonds. The molecule has 6 rings (SSSR count). The van der Waals surface area contributed by atoms with Crippen molar-refractivity contribution < 1.29 is 24.1 Å². The van der Waals surface area contributed by atoms with E-state index in [2.05, 4.69) is 40.3 Å². The van der Waals surface area contributed by atoms with Crippen LogP contribution >= 0.6 is 46.4 Å². The van der Waals surface area contributed by atoms with Gasteiger partial charge in [-0.3, -0.25) is 9.13 Å². The minimum absolute atomic E-state index is 0.195. The fourth-order valence-electron chi connectivity index (χ4n) is 4.45. The average Bonchev–Trinajstić information content (AvgIpc) is 3.65. The summed E-state index contributed by atoms with van der Waals surface area (Å²) in [6.45, 7) is 3.19. The number of nitrogens with zero attached hydrogens (tertiary/aromatic N) is 10. The van der Waals surface area contributed by atoms with Crippen molar-refractivity contribution in [1.29, 1.82) is 0 Å². The molecule has 2 aromatic carbocycles. The number of hydrogen-bond acceptors (Lipinski definition) is 13.